The Labute approximate surface area is 207 Å². The summed E-state index contributed by atoms with van der Waals surface area (Å²) in [6.07, 6.45) is -1.74. The predicted molar refractivity (Wildman–Crippen MR) is 136 cm³/mol. The number of aliphatic hydroxyl groups excluding tert-OH is 1. The largest absolute Gasteiger partial charge is 0.470 e. The Hall–Kier alpha value is -3.03. The standard InChI is InChI=1S/C27H26FN2O5P/c1-36(2,32)18-9-7-16(8-10-18)15-3-5-17(6-4-15)25-19(28)11-20-21(30-25)12-24(29-20)35-23-14-34-26-22(31)13-33-27(23)26/h3-12,22-23,26-27,29,31H,13-14H2,1-2H3/t22-,23-,26-,27-/m1/s1. The van der Waals surface area contributed by atoms with Crippen LogP contribution in [-0.4, -0.2) is 66.0 Å². The summed E-state index contributed by atoms with van der Waals surface area (Å²) in [5, 5.41) is 10.8. The normalized spacial score (nSPS) is 23.8. The number of aromatic amines is 1. The number of aromatic nitrogens is 2. The van der Waals surface area contributed by atoms with Crippen molar-refractivity contribution in [3.63, 3.8) is 0 Å². The van der Waals surface area contributed by atoms with Crippen LogP contribution < -0.4 is 10.0 Å². The van der Waals surface area contributed by atoms with E-state index in [9.17, 15) is 9.67 Å². The SMILES string of the molecule is CP(C)(=O)c1ccc(-c2ccc(-c3nc4cc(O[C@@H]5CO[C@H]6[C@@H]5OC[C@H]6O)[nH]c4cc3F)cc2)cc1. The molecule has 0 radical (unpaired) electrons. The molecule has 0 aliphatic carbocycles. The zero-order chi connectivity index (χ0) is 25.0. The zero-order valence-corrected chi connectivity index (χ0v) is 20.7. The second-order valence-corrected chi connectivity index (χ2v) is 12.9. The highest BCUT2D eigenvalue weighted by Crippen LogP contribution is 2.36. The summed E-state index contributed by atoms with van der Waals surface area (Å²) in [7, 11) is -2.30. The van der Waals surface area contributed by atoms with Crippen molar-refractivity contribution in [2.24, 2.45) is 0 Å². The summed E-state index contributed by atoms with van der Waals surface area (Å²) in [6.45, 7) is 4.03. The fourth-order valence-electron chi connectivity index (χ4n) is 4.81. The van der Waals surface area contributed by atoms with Crippen molar-refractivity contribution >= 4 is 23.5 Å². The molecule has 6 rings (SSSR count). The number of pyridine rings is 1. The second kappa shape index (κ2) is 8.82. The minimum atomic E-state index is -2.30. The Morgan fingerprint density at radius 3 is 2.31 bits per heavy atom. The molecule has 0 amide bonds. The number of aliphatic hydroxyl groups is 1. The molecule has 2 aromatic carbocycles. The number of benzene rings is 2. The molecule has 4 aromatic rings. The first kappa shape index (κ1) is 23.4. The van der Waals surface area contributed by atoms with Gasteiger partial charge >= 0.3 is 0 Å². The van der Waals surface area contributed by atoms with Crippen molar-refractivity contribution in [2.75, 3.05) is 26.5 Å². The van der Waals surface area contributed by atoms with Crippen molar-refractivity contribution in [1.82, 2.24) is 9.97 Å². The molecule has 0 unspecified atom stereocenters. The molecule has 2 saturated heterocycles. The minimum Gasteiger partial charge on any atom is -0.470 e. The topological polar surface area (TPSA) is 93.7 Å². The maximum absolute atomic E-state index is 15.0. The third-order valence-electron chi connectivity index (χ3n) is 6.77. The lowest BCUT2D eigenvalue weighted by atomic mass is 10.0. The molecule has 0 spiro atoms. The molecule has 2 aliphatic rings. The third-order valence-corrected chi connectivity index (χ3v) is 8.31. The summed E-state index contributed by atoms with van der Waals surface area (Å²) in [5.41, 5.74) is 3.97. The molecule has 4 heterocycles. The van der Waals surface area contributed by atoms with Crippen LogP contribution in [0.1, 0.15) is 0 Å². The van der Waals surface area contributed by atoms with Crippen LogP contribution >= 0.6 is 7.14 Å². The van der Waals surface area contributed by atoms with Crippen LogP contribution in [0.2, 0.25) is 0 Å². The van der Waals surface area contributed by atoms with E-state index in [4.69, 9.17) is 14.2 Å². The highest BCUT2D eigenvalue weighted by Gasteiger charge is 2.48. The highest BCUT2D eigenvalue weighted by atomic mass is 31.2. The van der Waals surface area contributed by atoms with E-state index in [1.165, 1.54) is 6.07 Å². The second-order valence-electron chi connectivity index (χ2n) is 9.68. The Bertz CT molecular complexity index is 1460. The van der Waals surface area contributed by atoms with Gasteiger partial charge in [-0.1, -0.05) is 48.5 Å². The molecule has 2 aliphatic heterocycles. The van der Waals surface area contributed by atoms with Gasteiger partial charge in [0, 0.05) is 23.0 Å². The van der Waals surface area contributed by atoms with E-state index < -0.39 is 19.1 Å². The molecule has 36 heavy (non-hydrogen) atoms. The van der Waals surface area contributed by atoms with E-state index in [0.717, 1.165) is 16.4 Å². The number of rotatable bonds is 5. The minimum absolute atomic E-state index is 0.224. The van der Waals surface area contributed by atoms with Gasteiger partial charge in [0.2, 0.25) is 0 Å². The maximum Gasteiger partial charge on any atom is 0.193 e. The Morgan fingerprint density at radius 1 is 0.972 bits per heavy atom. The van der Waals surface area contributed by atoms with Crippen LogP contribution in [0, 0.1) is 5.82 Å². The number of halogens is 1. The fraction of sp³-hybridized carbons (Fsp3) is 0.296. The van der Waals surface area contributed by atoms with Gasteiger partial charge in [0.15, 0.2) is 17.8 Å². The fourth-order valence-corrected chi connectivity index (χ4v) is 5.68. The lowest BCUT2D eigenvalue weighted by Gasteiger charge is -2.16. The van der Waals surface area contributed by atoms with Gasteiger partial charge < -0.3 is 28.9 Å². The van der Waals surface area contributed by atoms with Crippen LogP contribution in [0.4, 0.5) is 4.39 Å². The molecule has 2 fully saturated rings. The van der Waals surface area contributed by atoms with E-state index in [1.807, 2.05) is 48.5 Å². The molecular formula is C27H26FN2O5P. The summed E-state index contributed by atoms with van der Waals surface area (Å²) >= 11 is 0. The van der Waals surface area contributed by atoms with Crippen LogP contribution in [0.3, 0.4) is 0 Å². The number of H-pyrrole nitrogens is 1. The summed E-state index contributed by atoms with van der Waals surface area (Å²) in [4.78, 5) is 7.60. The van der Waals surface area contributed by atoms with Crippen LogP contribution in [0.15, 0.2) is 60.7 Å². The van der Waals surface area contributed by atoms with Gasteiger partial charge in [0.05, 0.1) is 24.2 Å². The zero-order valence-electron chi connectivity index (χ0n) is 19.8. The van der Waals surface area contributed by atoms with E-state index in [0.29, 0.717) is 29.1 Å². The van der Waals surface area contributed by atoms with Gasteiger partial charge in [0.1, 0.15) is 31.1 Å². The van der Waals surface area contributed by atoms with Gasteiger partial charge in [-0.05, 0) is 24.5 Å². The van der Waals surface area contributed by atoms with Crippen LogP contribution in [0.25, 0.3) is 33.4 Å². The van der Waals surface area contributed by atoms with E-state index in [1.54, 1.807) is 19.4 Å². The van der Waals surface area contributed by atoms with E-state index in [2.05, 4.69) is 9.97 Å². The average molecular weight is 508 g/mol. The van der Waals surface area contributed by atoms with E-state index in [-0.39, 0.29) is 30.6 Å². The first-order valence-corrected chi connectivity index (χ1v) is 14.4. The molecule has 7 nitrogen and oxygen atoms in total. The Balaban J connectivity index is 1.23. The summed E-state index contributed by atoms with van der Waals surface area (Å²) in [5.74, 6) is -0.00282. The van der Waals surface area contributed by atoms with Gasteiger partial charge in [-0.25, -0.2) is 9.37 Å². The number of nitrogens with zero attached hydrogens (tertiary/aromatic N) is 1. The van der Waals surface area contributed by atoms with E-state index >= 15 is 4.39 Å². The molecule has 2 aromatic heterocycles. The van der Waals surface area contributed by atoms with Gasteiger partial charge in [-0.15, -0.1) is 0 Å². The average Bonchev–Trinajstić information content (AvgIpc) is 3.55. The molecule has 0 saturated carbocycles. The van der Waals surface area contributed by atoms with Crippen molar-refractivity contribution in [3.8, 4) is 28.3 Å². The molecule has 2 N–H and O–H groups in total. The first-order chi connectivity index (χ1) is 17.3. The third kappa shape index (κ3) is 4.24. The Kier molecular flexibility index (Phi) is 5.73. The predicted octanol–water partition coefficient (Wildman–Crippen LogP) is 4.19. The molecular weight excluding hydrogens is 482 g/mol. The monoisotopic (exact) mass is 508 g/mol. The molecule has 186 valence electrons. The summed E-state index contributed by atoms with van der Waals surface area (Å²) in [6, 6.07) is 18.4. The maximum atomic E-state index is 15.0. The summed E-state index contributed by atoms with van der Waals surface area (Å²) < 4.78 is 44.5. The van der Waals surface area contributed by atoms with Crippen molar-refractivity contribution < 1.29 is 28.3 Å². The number of hydrogen-bond donors (Lipinski definition) is 2. The lowest BCUT2D eigenvalue weighted by molar-refractivity contribution is 0.00794. The first-order valence-electron chi connectivity index (χ1n) is 11.8. The van der Waals surface area contributed by atoms with Crippen molar-refractivity contribution in [1.29, 1.82) is 0 Å². The van der Waals surface area contributed by atoms with Crippen molar-refractivity contribution in [3.05, 3.63) is 66.5 Å². The van der Waals surface area contributed by atoms with Crippen LogP contribution in [-0.2, 0) is 14.0 Å². The molecule has 4 atom stereocenters. The van der Waals surface area contributed by atoms with Gasteiger partial charge in [-0.3, -0.25) is 0 Å². The highest BCUT2D eigenvalue weighted by molar-refractivity contribution is 7.70. The number of fused-ring (bicyclic) bond motifs is 2. The smallest absolute Gasteiger partial charge is 0.193 e. The number of hydrogen-bond acceptors (Lipinski definition) is 6. The number of nitrogens with one attached hydrogen (secondary N) is 1. The Morgan fingerprint density at radius 2 is 1.61 bits per heavy atom. The van der Waals surface area contributed by atoms with Crippen LogP contribution in [0.5, 0.6) is 5.88 Å². The number of ether oxygens (including phenoxy) is 3. The molecule has 0 bridgehead atoms. The van der Waals surface area contributed by atoms with Gasteiger partial charge in [0.25, 0.3) is 0 Å². The van der Waals surface area contributed by atoms with Crippen molar-refractivity contribution in [2.45, 2.75) is 24.4 Å². The van der Waals surface area contributed by atoms with Gasteiger partial charge in [-0.2, -0.15) is 0 Å². The molecule has 9 heteroatoms. The quantitative estimate of drug-likeness (QED) is 0.393. The lowest BCUT2D eigenvalue weighted by Crippen LogP contribution is -2.34.